The molecule has 0 unspecified atom stereocenters. The van der Waals surface area contributed by atoms with Crippen molar-refractivity contribution in [3.63, 3.8) is 0 Å². The highest BCUT2D eigenvalue weighted by Gasteiger charge is 2.13. The maximum absolute atomic E-state index is 12.3. The van der Waals surface area contributed by atoms with Crippen LogP contribution >= 0.6 is 0 Å². The monoisotopic (exact) mass is 279 g/mol. The highest BCUT2D eigenvalue weighted by atomic mass is 16.3. The SMILES string of the molecule is CN(Cc1ccccc1)C(=O)Cc1coc2ccccc12. The lowest BCUT2D eigenvalue weighted by Gasteiger charge is -2.17. The molecule has 3 aromatic rings. The lowest BCUT2D eigenvalue weighted by atomic mass is 10.1. The Labute approximate surface area is 123 Å². The third-order valence-electron chi connectivity index (χ3n) is 3.59. The van der Waals surface area contributed by atoms with Crippen molar-refractivity contribution in [2.24, 2.45) is 0 Å². The zero-order chi connectivity index (χ0) is 14.7. The fourth-order valence-corrected chi connectivity index (χ4v) is 2.41. The molecule has 1 amide bonds. The first-order valence-corrected chi connectivity index (χ1v) is 6.97. The normalized spacial score (nSPS) is 10.7. The van der Waals surface area contributed by atoms with Crippen LogP contribution in [0.1, 0.15) is 11.1 Å². The molecule has 106 valence electrons. The molecule has 3 heteroatoms. The van der Waals surface area contributed by atoms with E-state index in [1.807, 2.05) is 61.6 Å². The van der Waals surface area contributed by atoms with Gasteiger partial charge in [0.25, 0.3) is 0 Å². The van der Waals surface area contributed by atoms with Crippen LogP contribution < -0.4 is 0 Å². The Hall–Kier alpha value is -2.55. The fraction of sp³-hybridized carbons (Fsp3) is 0.167. The maximum atomic E-state index is 12.3. The lowest BCUT2D eigenvalue weighted by Crippen LogP contribution is -2.27. The first-order valence-electron chi connectivity index (χ1n) is 6.97. The Bertz CT molecular complexity index is 746. The molecule has 0 radical (unpaired) electrons. The van der Waals surface area contributed by atoms with Crippen molar-refractivity contribution >= 4 is 16.9 Å². The minimum Gasteiger partial charge on any atom is -0.464 e. The molecule has 0 N–H and O–H groups in total. The maximum Gasteiger partial charge on any atom is 0.227 e. The summed E-state index contributed by atoms with van der Waals surface area (Å²) in [7, 11) is 1.83. The number of rotatable bonds is 4. The molecule has 21 heavy (non-hydrogen) atoms. The summed E-state index contributed by atoms with van der Waals surface area (Å²) in [6.07, 6.45) is 2.04. The second kappa shape index (κ2) is 5.83. The zero-order valence-electron chi connectivity index (χ0n) is 12.0. The number of amides is 1. The summed E-state index contributed by atoms with van der Waals surface area (Å²) >= 11 is 0. The van der Waals surface area contributed by atoms with Gasteiger partial charge >= 0.3 is 0 Å². The molecule has 0 bridgehead atoms. The molecule has 0 atom stereocenters. The van der Waals surface area contributed by atoms with Crippen molar-refractivity contribution < 1.29 is 9.21 Å². The number of benzene rings is 2. The standard InChI is InChI=1S/C18H17NO2/c1-19(12-14-7-3-2-4-8-14)18(20)11-15-13-21-17-10-6-5-9-16(15)17/h2-10,13H,11-12H2,1H3. The van der Waals surface area contributed by atoms with Gasteiger partial charge in [0.1, 0.15) is 5.58 Å². The highest BCUT2D eigenvalue weighted by molar-refractivity contribution is 5.87. The van der Waals surface area contributed by atoms with Gasteiger partial charge in [0, 0.05) is 24.5 Å². The van der Waals surface area contributed by atoms with E-state index in [0.29, 0.717) is 13.0 Å². The molecule has 1 heterocycles. The van der Waals surface area contributed by atoms with Gasteiger partial charge in [0.15, 0.2) is 0 Å². The Balaban J connectivity index is 1.71. The number of furan rings is 1. The zero-order valence-corrected chi connectivity index (χ0v) is 12.0. The van der Waals surface area contributed by atoms with Gasteiger partial charge in [0.2, 0.25) is 5.91 Å². The number of hydrogen-bond acceptors (Lipinski definition) is 2. The van der Waals surface area contributed by atoms with Crippen LogP contribution in [0.5, 0.6) is 0 Å². The minimum atomic E-state index is 0.0883. The number of hydrogen-bond donors (Lipinski definition) is 0. The Morgan fingerprint density at radius 2 is 1.76 bits per heavy atom. The molecule has 0 aliphatic rings. The van der Waals surface area contributed by atoms with Crippen molar-refractivity contribution in [2.45, 2.75) is 13.0 Å². The highest BCUT2D eigenvalue weighted by Crippen LogP contribution is 2.21. The van der Waals surface area contributed by atoms with Crippen molar-refractivity contribution in [2.75, 3.05) is 7.05 Å². The van der Waals surface area contributed by atoms with Gasteiger partial charge in [-0.2, -0.15) is 0 Å². The Morgan fingerprint density at radius 1 is 1.05 bits per heavy atom. The van der Waals surface area contributed by atoms with Gasteiger partial charge in [-0.3, -0.25) is 4.79 Å². The van der Waals surface area contributed by atoms with E-state index in [1.54, 1.807) is 11.2 Å². The summed E-state index contributed by atoms with van der Waals surface area (Å²) in [5.74, 6) is 0.0883. The van der Waals surface area contributed by atoms with Crippen LogP contribution in [-0.2, 0) is 17.8 Å². The van der Waals surface area contributed by atoms with Crippen LogP contribution in [0.3, 0.4) is 0 Å². The minimum absolute atomic E-state index is 0.0883. The second-order valence-electron chi connectivity index (χ2n) is 5.17. The van der Waals surface area contributed by atoms with Gasteiger partial charge in [-0.05, 0) is 11.6 Å². The summed E-state index contributed by atoms with van der Waals surface area (Å²) in [4.78, 5) is 14.1. The second-order valence-corrected chi connectivity index (χ2v) is 5.17. The molecular formula is C18H17NO2. The molecular weight excluding hydrogens is 262 g/mol. The first kappa shape index (κ1) is 13.4. The lowest BCUT2D eigenvalue weighted by molar-refractivity contribution is -0.129. The van der Waals surface area contributed by atoms with Gasteiger partial charge in [0.05, 0.1) is 12.7 Å². The van der Waals surface area contributed by atoms with Gasteiger partial charge in [-0.25, -0.2) is 0 Å². The van der Waals surface area contributed by atoms with Crippen LogP contribution in [0.4, 0.5) is 0 Å². The number of likely N-dealkylation sites (N-methyl/N-ethyl adjacent to an activating group) is 1. The number of nitrogens with zero attached hydrogens (tertiary/aromatic N) is 1. The van der Waals surface area contributed by atoms with E-state index in [9.17, 15) is 4.79 Å². The molecule has 0 spiro atoms. The molecule has 3 rings (SSSR count). The molecule has 2 aromatic carbocycles. The Kier molecular flexibility index (Phi) is 3.73. The number of carbonyl (C=O) groups excluding carboxylic acids is 1. The smallest absolute Gasteiger partial charge is 0.227 e. The number of para-hydroxylation sites is 1. The van der Waals surface area contributed by atoms with E-state index in [1.165, 1.54) is 0 Å². The van der Waals surface area contributed by atoms with Crippen LogP contribution in [0.2, 0.25) is 0 Å². The summed E-state index contributed by atoms with van der Waals surface area (Å²) < 4.78 is 5.48. The van der Waals surface area contributed by atoms with E-state index in [0.717, 1.165) is 22.1 Å². The van der Waals surface area contributed by atoms with Crippen molar-refractivity contribution in [1.29, 1.82) is 0 Å². The largest absolute Gasteiger partial charge is 0.464 e. The van der Waals surface area contributed by atoms with Crippen LogP contribution in [-0.4, -0.2) is 17.9 Å². The van der Waals surface area contributed by atoms with Gasteiger partial charge in [-0.1, -0.05) is 48.5 Å². The predicted molar refractivity (Wildman–Crippen MR) is 82.8 cm³/mol. The van der Waals surface area contributed by atoms with Crippen LogP contribution in [0.15, 0.2) is 65.3 Å². The molecule has 0 aliphatic heterocycles. The molecule has 0 saturated carbocycles. The first-order chi connectivity index (χ1) is 10.2. The summed E-state index contributed by atoms with van der Waals surface area (Å²) in [5.41, 5.74) is 2.90. The summed E-state index contributed by atoms with van der Waals surface area (Å²) in [6.45, 7) is 0.620. The van der Waals surface area contributed by atoms with Crippen molar-refractivity contribution in [1.82, 2.24) is 4.90 Å². The van der Waals surface area contributed by atoms with Crippen LogP contribution in [0.25, 0.3) is 11.0 Å². The van der Waals surface area contributed by atoms with E-state index in [4.69, 9.17) is 4.42 Å². The molecule has 0 saturated heterocycles. The van der Waals surface area contributed by atoms with E-state index >= 15 is 0 Å². The molecule has 0 aliphatic carbocycles. The van der Waals surface area contributed by atoms with Gasteiger partial charge < -0.3 is 9.32 Å². The Morgan fingerprint density at radius 3 is 2.57 bits per heavy atom. The predicted octanol–water partition coefficient (Wildman–Crippen LogP) is 3.63. The summed E-state index contributed by atoms with van der Waals surface area (Å²) in [5, 5.41) is 1.01. The fourth-order valence-electron chi connectivity index (χ4n) is 2.41. The van der Waals surface area contributed by atoms with E-state index in [-0.39, 0.29) is 5.91 Å². The van der Waals surface area contributed by atoms with E-state index in [2.05, 4.69) is 0 Å². The average Bonchev–Trinajstić information content (AvgIpc) is 2.91. The third kappa shape index (κ3) is 2.97. The third-order valence-corrected chi connectivity index (χ3v) is 3.59. The summed E-state index contributed by atoms with van der Waals surface area (Å²) in [6, 6.07) is 17.8. The topological polar surface area (TPSA) is 33.5 Å². The number of carbonyl (C=O) groups is 1. The molecule has 0 fully saturated rings. The molecule has 1 aromatic heterocycles. The van der Waals surface area contributed by atoms with Gasteiger partial charge in [-0.15, -0.1) is 0 Å². The van der Waals surface area contributed by atoms with Crippen molar-refractivity contribution in [3.05, 3.63) is 72.0 Å². The molecule has 3 nitrogen and oxygen atoms in total. The average molecular weight is 279 g/mol. The number of fused-ring (bicyclic) bond motifs is 1. The van der Waals surface area contributed by atoms with Crippen LogP contribution in [0, 0.1) is 0 Å². The van der Waals surface area contributed by atoms with E-state index < -0.39 is 0 Å². The van der Waals surface area contributed by atoms with Crippen molar-refractivity contribution in [3.8, 4) is 0 Å². The quantitative estimate of drug-likeness (QED) is 0.730.